The zero-order valence-corrected chi connectivity index (χ0v) is 11.4. The summed E-state index contributed by atoms with van der Waals surface area (Å²) in [7, 11) is 1.53. The van der Waals surface area contributed by atoms with Crippen molar-refractivity contribution in [3.8, 4) is 0 Å². The number of carbonyl (C=O) groups is 1. The number of nitrogens with one attached hydrogen (secondary N) is 2. The van der Waals surface area contributed by atoms with Crippen LogP contribution in [0.15, 0.2) is 36.4 Å². The summed E-state index contributed by atoms with van der Waals surface area (Å²) in [5, 5.41) is 5.41. The molecule has 0 fully saturated rings. The SMILES string of the molecule is CNC(=O)c1ccc(NCc2cc(F)ccc2F)c(N)c1. The van der Waals surface area contributed by atoms with Gasteiger partial charge < -0.3 is 16.4 Å². The summed E-state index contributed by atoms with van der Waals surface area (Å²) in [6.07, 6.45) is 0. The average Bonchev–Trinajstić information content (AvgIpc) is 2.48. The number of anilines is 2. The van der Waals surface area contributed by atoms with Crippen molar-refractivity contribution < 1.29 is 13.6 Å². The number of benzene rings is 2. The molecule has 0 aliphatic carbocycles. The molecule has 0 atom stereocenters. The van der Waals surface area contributed by atoms with Gasteiger partial charge in [0.15, 0.2) is 0 Å². The Kier molecular flexibility index (Phi) is 4.37. The summed E-state index contributed by atoms with van der Waals surface area (Å²) in [4.78, 5) is 11.5. The van der Waals surface area contributed by atoms with Gasteiger partial charge >= 0.3 is 0 Å². The third-order valence-electron chi connectivity index (χ3n) is 3.02. The van der Waals surface area contributed by atoms with Crippen molar-refractivity contribution >= 4 is 17.3 Å². The van der Waals surface area contributed by atoms with E-state index < -0.39 is 11.6 Å². The maximum Gasteiger partial charge on any atom is 0.251 e. The van der Waals surface area contributed by atoms with Gasteiger partial charge in [0.05, 0.1) is 11.4 Å². The topological polar surface area (TPSA) is 67.2 Å². The molecule has 0 heterocycles. The highest BCUT2D eigenvalue weighted by atomic mass is 19.1. The summed E-state index contributed by atoms with van der Waals surface area (Å²) in [6.45, 7) is 0.0904. The Morgan fingerprint density at radius 1 is 1.19 bits per heavy atom. The van der Waals surface area contributed by atoms with Gasteiger partial charge in [-0.1, -0.05) is 0 Å². The molecule has 2 rings (SSSR count). The second-order valence-corrected chi connectivity index (χ2v) is 4.47. The van der Waals surface area contributed by atoms with Crippen LogP contribution in [0.2, 0.25) is 0 Å². The van der Waals surface area contributed by atoms with Crippen LogP contribution in [-0.4, -0.2) is 13.0 Å². The lowest BCUT2D eigenvalue weighted by Gasteiger charge is -2.11. The molecular weight excluding hydrogens is 276 g/mol. The summed E-state index contributed by atoms with van der Waals surface area (Å²) in [5.41, 5.74) is 7.36. The normalized spacial score (nSPS) is 10.2. The van der Waals surface area contributed by atoms with E-state index in [0.717, 1.165) is 18.2 Å². The lowest BCUT2D eigenvalue weighted by molar-refractivity contribution is 0.0963. The first-order valence-corrected chi connectivity index (χ1v) is 6.30. The van der Waals surface area contributed by atoms with Crippen LogP contribution in [0, 0.1) is 11.6 Å². The molecule has 0 aliphatic heterocycles. The first-order chi connectivity index (χ1) is 10.0. The number of carbonyl (C=O) groups excluding carboxylic acids is 1. The lowest BCUT2D eigenvalue weighted by Crippen LogP contribution is -2.18. The monoisotopic (exact) mass is 291 g/mol. The van der Waals surface area contributed by atoms with Crippen molar-refractivity contribution in [3.63, 3.8) is 0 Å². The first-order valence-electron chi connectivity index (χ1n) is 6.30. The van der Waals surface area contributed by atoms with Crippen molar-refractivity contribution in [1.29, 1.82) is 0 Å². The molecule has 0 unspecified atom stereocenters. The summed E-state index contributed by atoms with van der Waals surface area (Å²) in [6, 6.07) is 7.99. The molecule has 0 spiro atoms. The number of nitrogen functional groups attached to an aromatic ring is 1. The molecule has 0 radical (unpaired) electrons. The quantitative estimate of drug-likeness (QED) is 0.758. The van der Waals surface area contributed by atoms with E-state index in [-0.39, 0.29) is 18.0 Å². The second kappa shape index (κ2) is 6.21. The highest BCUT2D eigenvalue weighted by Gasteiger charge is 2.08. The first kappa shape index (κ1) is 14.8. The van der Waals surface area contributed by atoms with Crippen LogP contribution >= 0.6 is 0 Å². The van der Waals surface area contributed by atoms with E-state index in [1.54, 1.807) is 12.1 Å². The zero-order valence-electron chi connectivity index (χ0n) is 11.4. The number of halogens is 2. The Balaban J connectivity index is 2.13. The van der Waals surface area contributed by atoms with Crippen LogP contribution in [0.3, 0.4) is 0 Å². The Bertz CT molecular complexity index is 674. The fourth-order valence-electron chi connectivity index (χ4n) is 1.88. The minimum Gasteiger partial charge on any atom is -0.397 e. The van der Waals surface area contributed by atoms with E-state index in [1.807, 2.05) is 0 Å². The molecule has 2 aromatic rings. The number of rotatable bonds is 4. The van der Waals surface area contributed by atoms with E-state index in [2.05, 4.69) is 10.6 Å². The van der Waals surface area contributed by atoms with Gasteiger partial charge in [0.25, 0.3) is 5.91 Å². The van der Waals surface area contributed by atoms with Crippen molar-refractivity contribution in [3.05, 3.63) is 59.2 Å². The van der Waals surface area contributed by atoms with Gasteiger partial charge in [-0.25, -0.2) is 8.78 Å². The molecule has 4 N–H and O–H groups in total. The predicted octanol–water partition coefficient (Wildman–Crippen LogP) is 2.52. The molecule has 0 saturated heterocycles. The van der Waals surface area contributed by atoms with Crippen LogP contribution in [-0.2, 0) is 6.54 Å². The highest BCUT2D eigenvalue weighted by molar-refractivity contribution is 5.95. The maximum absolute atomic E-state index is 13.5. The zero-order chi connectivity index (χ0) is 15.4. The predicted molar refractivity (Wildman–Crippen MR) is 77.9 cm³/mol. The van der Waals surface area contributed by atoms with Gasteiger partial charge in [-0.3, -0.25) is 4.79 Å². The third-order valence-corrected chi connectivity index (χ3v) is 3.02. The fraction of sp³-hybridized carbons (Fsp3) is 0.133. The van der Waals surface area contributed by atoms with Crippen LogP contribution in [0.4, 0.5) is 20.2 Å². The Labute approximate surface area is 121 Å². The van der Waals surface area contributed by atoms with E-state index in [4.69, 9.17) is 5.73 Å². The Morgan fingerprint density at radius 3 is 2.62 bits per heavy atom. The molecule has 4 nitrogen and oxygen atoms in total. The molecule has 110 valence electrons. The van der Waals surface area contributed by atoms with Gasteiger partial charge in [0, 0.05) is 24.7 Å². The third kappa shape index (κ3) is 3.47. The van der Waals surface area contributed by atoms with Crippen molar-refractivity contribution in [1.82, 2.24) is 5.32 Å². The molecule has 2 aromatic carbocycles. The summed E-state index contributed by atoms with van der Waals surface area (Å²) >= 11 is 0. The molecule has 0 aliphatic rings. The van der Waals surface area contributed by atoms with E-state index >= 15 is 0 Å². The molecule has 6 heteroatoms. The number of hydrogen-bond donors (Lipinski definition) is 3. The largest absolute Gasteiger partial charge is 0.397 e. The molecular formula is C15H15F2N3O. The average molecular weight is 291 g/mol. The minimum atomic E-state index is -0.504. The van der Waals surface area contributed by atoms with Crippen LogP contribution < -0.4 is 16.4 Å². The number of hydrogen-bond acceptors (Lipinski definition) is 3. The highest BCUT2D eigenvalue weighted by Crippen LogP contribution is 2.21. The van der Waals surface area contributed by atoms with Crippen molar-refractivity contribution in [2.45, 2.75) is 6.54 Å². The van der Waals surface area contributed by atoms with Gasteiger partial charge in [-0.2, -0.15) is 0 Å². The number of amides is 1. The van der Waals surface area contributed by atoms with E-state index in [9.17, 15) is 13.6 Å². The minimum absolute atomic E-state index is 0.0904. The van der Waals surface area contributed by atoms with Crippen LogP contribution in [0.25, 0.3) is 0 Å². The van der Waals surface area contributed by atoms with E-state index in [0.29, 0.717) is 16.9 Å². The van der Waals surface area contributed by atoms with Gasteiger partial charge in [0.1, 0.15) is 11.6 Å². The molecule has 1 amide bonds. The Hall–Kier alpha value is -2.63. The van der Waals surface area contributed by atoms with Crippen LogP contribution in [0.1, 0.15) is 15.9 Å². The summed E-state index contributed by atoms with van der Waals surface area (Å²) < 4.78 is 26.6. The molecule has 0 aromatic heterocycles. The second-order valence-electron chi connectivity index (χ2n) is 4.47. The van der Waals surface area contributed by atoms with Crippen molar-refractivity contribution in [2.24, 2.45) is 0 Å². The summed E-state index contributed by atoms with van der Waals surface area (Å²) in [5.74, 6) is -1.25. The van der Waals surface area contributed by atoms with Gasteiger partial charge in [0.2, 0.25) is 0 Å². The molecule has 21 heavy (non-hydrogen) atoms. The molecule has 0 bridgehead atoms. The van der Waals surface area contributed by atoms with Crippen LogP contribution in [0.5, 0.6) is 0 Å². The molecule has 0 saturated carbocycles. The lowest BCUT2D eigenvalue weighted by atomic mass is 10.1. The van der Waals surface area contributed by atoms with E-state index in [1.165, 1.54) is 13.1 Å². The van der Waals surface area contributed by atoms with Gasteiger partial charge in [-0.15, -0.1) is 0 Å². The number of nitrogens with two attached hydrogens (primary N) is 1. The van der Waals surface area contributed by atoms with Crippen molar-refractivity contribution in [2.75, 3.05) is 18.1 Å². The fourth-order valence-corrected chi connectivity index (χ4v) is 1.88. The Morgan fingerprint density at radius 2 is 1.95 bits per heavy atom. The maximum atomic E-state index is 13.5. The van der Waals surface area contributed by atoms with Gasteiger partial charge in [-0.05, 0) is 36.4 Å². The standard InChI is InChI=1S/C15H15F2N3O/c1-19-15(21)9-2-5-14(13(18)7-9)20-8-10-6-11(16)3-4-12(10)17/h2-7,20H,8,18H2,1H3,(H,19,21). The smallest absolute Gasteiger partial charge is 0.251 e.